The first-order valence-corrected chi connectivity index (χ1v) is 7.52. The van der Waals surface area contributed by atoms with Crippen LogP contribution in [0, 0.1) is 0 Å². The molecule has 102 valence electrons. The minimum Gasteiger partial charge on any atom is -0.356 e. The summed E-state index contributed by atoms with van der Waals surface area (Å²) >= 11 is 0. The van der Waals surface area contributed by atoms with Crippen LogP contribution in [0.4, 0.5) is 0 Å². The molecule has 0 spiro atoms. The molecule has 0 bridgehead atoms. The summed E-state index contributed by atoms with van der Waals surface area (Å²) in [5, 5.41) is 2.71. The molecule has 7 heteroatoms. The van der Waals surface area contributed by atoms with Crippen molar-refractivity contribution in [2.24, 2.45) is 5.73 Å². The molecule has 0 radical (unpaired) electrons. The molecule has 0 aliphatic heterocycles. The van der Waals surface area contributed by atoms with Crippen LogP contribution in [-0.4, -0.2) is 39.2 Å². The SMILES string of the molecule is CCS(=O)(=O)NCCCNC(=O)CCC(C)N. The molecule has 0 aliphatic rings. The van der Waals surface area contributed by atoms with Crippen LogP contribution in [-0.2, 0) is 14.8 Å². The van der Waals surface area contributed by atoms with Gasteiger partial charge in [-0.25, -0.2) is 13.1 Å². The van der Waals surface area contributed by atoms with Crippen LogP contribution in [0.1, 0.15) is 33.1 Å². The molecule has 6 nitrogen and oxygen atoms in total. The third kappa shape index (κ3) is 10.2. The summed E-state index contributed by atoms with van der Waals surface area (Å²) < 4.78 is 24.6. The molecule has 17 heavy (non-hydrogen) atoms. The summed E-state index contributed by atoms with van der Waals surface area (Å²) in [6, 6.07) is 0.0251. The number of nitrogens with two attached hydrogens (primary N) is 1. The molecule has 0 heterocycles. The van der Waals surface area contributed by atoms with Crippen molar-refractivity contribution in [1.82, 2.24) is 10.0 Å². The molecule has 1 atom stereocenters. The second-order valence-electron chi connectivity index (χ2n) is 4.02. The highest BCUT2D eigenvalue weighted by atomic mass is 32.2. The van der Waals surface area contributed by atoms with E-state index in [-0.39, 0.29) is 17.7 Å². The standard InChI is InChI=1S/C10H23N3O3S/c1-3-17(15,16)13-8-4-7-12-10(14)6-5-9(2)11/h9,13H,3-8,11H2,1-2H3,(H,12,14). The van der Waals surface area contributed by atoms with Gasteiger partial charge in [0.05, 0.1) is 5.75 Å². The topological polar surface area (TPSA) is 101 Å². The molecule has 0 saturated carbocycles. The molecule has 1 amide bonds. The third-order valence-corrected chi connectivity index (χ3v) is 3.61. The third-order valence-electron chi connectivity index (χ3n) is 2.20. The number of hydrogen-bond acceptors (Lipinski definition) is 4. The largest absolute Gasteiger partial charge is 0.356 e. The Bertz CT molecular complexity index is 315. The Kier molecular flexibility index (Phi) is 8.11. The summed E-state index contributed by atoms with van der Waals surface area (Å²) in [7, 11) is -3.12. The van der Waals surface area contributed by atoms with Crippen molar-refractivity contribution in [3.63, 3.8) is 0 Å². The van der Waals surface area contributed by atoms with E-state index in [1.165, 1.54) is 0 Å². The lowest BCUT2D eigenvalue weighted by Crippen LogP contribution is -2.31. The molecule has 4 N–H and O–H groups in total. The van der Waals surface area contributed by atoms with Gasteiger partial charge < -0.3 is 11.1 Å². The number of carbonyl (C=O) groups excluding carboxylic acids is 1. The van der Waals surface area contributed by atoms with E-state index in [1.807, 2.05) is 6.92 Å². The first kappa shape index (κ1) is 16.3. The highest BCUT2D eigenvalue weighted by molar-refractivity contribution is 7.89. The number of hydrogen-bond donors (Lipinski definition) is 3. The van der Waals surface area contributed by atoms with Gasteiger partial charge in [-0.05, 0) is 26.7 Å². The zero-order valence-electron chi connectivity index (χ0n) is 10.5. The van der Waals surface area contributed by atoms with Crippen molar-refractivity contribution in [3.05, 3.63) is 0 Å². The van der Waals surface area contributed by atoms with Crippen molar-refractivity contribution >= 4 is 15.9 Å². The number of rotatable bonds is 9. The molecule has 0 aromatic carbocycles. The first-order valence-electron chi connectivity index (χ1n) is 5.87. The van der Waals surface area contributed by atoms with Crippen molar-refractivity contribution in [2.45, 2.75) is 39.2 Å². The minimum atomic E-state index is -3.12. The smallest absolute Gasteiger partial charge is 0.220 e. The Morgan fingerprint density at radius 1 is 1.35 bits per heavy atom. The molecule has 0 aliphatic carbocycles. The quantitative estimate of drug-likeness (QED) is 0.492. The summed E-state index contributed by atoms with van der Waals surface area (Å²) in [6.45, 7) is 4.26. The van der Waals surface area contributed by atoms with Gasteiger partial charge in [0.25, 0.3) is 0 Å². The van der Waals surface area contributed by atoms with Crippen LogP contribution in [0.5, 0.6) is 0 Å². The van der Waals surface area contributed by atoms with Gasteiger partial charge in [0.15, 0.2) is 0 Å². The van der Waals surface area contributed by atoms with Gasteiger partial charge in [0.1, 0.15) is 0 Å². The second-order valence-corrected chi connectivity index (χ2v) is 6.11. The maximum Gasteiger partial charge on any atom is 0.220 e. The maximum atomic E-state index is 11.3. The Balaban J connectivity index is 3.49. The highest BCUT2D eigenvalue weighted by Crippen LogP contribution is 1.92. The van der Waals surface area contributed by atoms with Crippen molar-refractivity contribution in [1.29, 1.82) is 0 Å². The van der Waals surface area contributed by atoms with Crippen molar-refractivity contribution in [2.75, 3.05) is 18.8 Å². The molecule has 0 aromatic heterocycles. The summed E-state index contributed by atoms with van der Waals surface area (Å²) in [4.78, 5) is 11.3. The van der Waals surface area contributed by atoms with Crippen molar-refractivity contribution in [3.8, 4) is 0 Å². The number of nitrogens with one attached hydrogen (secondary N) is 2. The van der Waals surface area contributed by atoms with Gasteiger partial charge >= 0.3 is 0 Å². The zero-order valence-corrected chi connectivity index (χ0v) is 11.3. The molecule has 0 fully saturated rings. The van der Waals surface area contributed by atoms with Gasteiger partial charge in [-0.3, -0.25) is 4.79 Å². The Morgan fingerprint density at radius 3 is 2.53 bits per heavy atom. The molecular weight excluding hydrogens is 242 g/mol. The average Bonchev–Trinajstić information content (AvgIpc) is 2.25. The predicted octanol–water partition coefficient (Wildman–Crippen LogP) is -0.441. The molecular formula is C10H23N3O3S. The minimum absolute atomic E-state index is 0.0251. The normalized spacial score (nSPS) is 13.4. The number of amides is 1. The van der Waals surface area contributed by atoms with E-state index in [0.29, 0.717) is 32.4 Å². The predicted molar refractivity (Wildman–Crippen MR) is 68.0 cm³/mol. The van der Waals surface area contributed by atoms with Crippen LogP contribution in [0.2, 0.25) is 0 Å². The fraction of sp³-hybridized carbons (Fsp3) is 0.900. The number of sulfonamides is 1. The van der Waals surface area contributed by atoms with Gasteiger partial charge in [-0.1, -0.05) is 0 Å². The molecule has 0 aromatic rings. The van der Waals surface area contributed by atoms with Gasteiger partial charge in [0, 0.05) is 25.6 Å². The van der Waals surface area contributed by atoms with Gasteiger partial charge in [-0.15, -0.1) is 0 Å². The van der Waals surface area contributed by atoms with Gasteiger partial charge in [0.2, 0.25) is 15.9 Å². The van der Waals surface area contributed by atoms with Crippen LogP contribution >= 0.6 is 0 Å². The van der Waals surface area contributed by atoms with Crippen LogP contribution in [0.25, 0.3) is 0 Å². The molecule has 0 saturated heterocycles. The van der Waals surface area contributed by atoms with E-state index in [1.54, 1.807) is 6.92 Å². The van der Waals surface area contributed by atoms with E-state index in [2.05, 4.69) is 10.0 Å². The lowest BCUT2D eigenvalue weighted by Gasteiger charge is -2.07. The summed E-state index contributed by atoms with van der Waals surface area (Å²) in [5.74, 6) is 0.0361. The lowest BCUT2D eigenvalue weighted by molar-refractivity contribution is -0.121. The zero-order chi connectivity index (χ0) is 13.3. The fourth-order valence-corrected chi connectivity index (χ4v) is 1.75. The Hall–Kier alpha value is -0.660. The Labute approximate surface area is 103 Å². The van der Waals surface area contributed by atoms with E-state index >= 15 is 0 Å². The highest BCUT2D eigenvalue weighted by Gasteiger charge is 2.05. The second kappa shape index (κ2) is 8.43. The maximum absolute atomic E-state index is 11.3. The summed E-state index contributed by atoms with van der Waals surface area (Å²) in [6.07, 6.45) is 1.66. The van der Waals surface area contributed by atoms with Crippen LogP contribution < -0.4 is 15.8 Å². The van der Waals surface area contributed by atoms with Crippen LogP contribution in [0.15, 0.2) is 0 Å². The fourth-order valence-electron chi connectivity index (χ4n) is 1.09. The van der Waals surface area contributed by atoms with E-state index in [4.69, 9.17) is 5.73 Å². The average molecular weight is 265 g/mol. The monoisotopic (exact) mass is 265 g/mol. The number of carbonyl (C=O) groups is 1. The molecule has 1 unspecified atom stereocenters. The van der Waals surface area contributed by atoms with E-state index in [9.17, 15) is 13.2 Å². The van der Waals surface area contributed by atoms with E-state index in [0.717, 1.165) is 0 Å². The summed E-state index contributed by atoms with van der Waals surface area (Å²) in [5.41, 5.74) is 5.52. The first-order chi connectivity index (χ1) is 7.87. The molecule has 0 rings (SSSR count). The Morgan fingerprint density at radius 2 is 2.00 bits per heavy atom. The van der Waals surface area contributed by atoms with E-state index < -0.39 is 10.0 Å². The van der Waals surface area contributed by atoms with Crippen LogP contribution in [0.3, 0.4) is 0 Å². The lowest BCUT2D eigenvalue weighted by atomic mass is 10.2. The van der Waals surface area contributed by atoms with Gasteiger partial charge in [-0.2, -0.15) is 0 Å². The van der Waals surface area contributed by atoms with Crippen molar-refractivity contribution < 1.29 is 13.2 Å².